The lowest BCUT2D eigenvalue weighted by atomic mass is 9.85. The third-order valence-corrected chi connectivity index (χ3v) is 7.11. The molecule has 0 atom stereocenters. The van der Waals surface area contributed by atoms with E-state index < -0.39 is 0 Å². The Kier molecular flexibility index (Phi) is 6.93. The number of nitrogens with one attached hydrogen (secondary N) is 3. The minimum atomic E-state index is 0.0565. The number of benzene rings is 2. The molecule has 8 nitrogen and oxygen atoms in total. The molecule has 188 valence electrons. The topological polar surface area (TPSA) is 95.2 Å². The number of H-pyrrole nitrogens is 1. The standard InChI is InChI=1S/C28H34N6O2/c1-34(2)26-22-6-4-5-7-25(22)32-28(33-26)31-20-10-8-18(9-11-20)27(35)29-15-14-19-17-30-24-13-12-21(36-3)16-23(19)24/h4-7,12-13,16-18,20,30H,8-11,14-15H2,1-3H3,(H,29,35)(H,31,32,33)/t18-,20+. The highest BCUT2D eigenvalue weighted by Crippen LogP contribution is 2.29. The lowest BCUT2D eigenvalue weighted by Gasteiger charge is -2.28. The minimum absolute atomic E-state index is 0.0565. The Morgan fingerprint density at radius 3 is 2.67 bits per heavy atom. The van der Waals surface area contributed by atoms with E-state index in [1.807, 2.05) is 67.7 Å². The van der Waals surface area contributed by atoms with Gasteiger partial charge in [0.1, 0.15) is 11.6 Å². The van der Waals surface area contributed by atoms with Crippen molar-refractivity contribution in [2.45, 2.75) is 38.1 Å². The van der Waals surface area contributed by atoms with Crippen molar-refractivity contribution in [3.63, 3.8) is 0 Å². The molecular weight excluding hydrogens is 452 g/mol. The van der Waals surface area contributed by atoms with Gasteiger partial charge in [0, 0.05) is 55.1 Å². The number of methoxy groups -OCH3 is 1. The summed E-state index contributed by atoms with van der Waals surface area (Å²) in [5.41, 5.74) is 3.20. The van der Waals surface area contributed by atoms with E-state index in [4.69, 9.17) is 14.7 Å². The van der Waals surface area contributed by atoms with Crippen LogP contribution in [0.25, 0.3) is 21.8 Å². The van der Waals surface area contributed by atoms with Gasteiger partial charge in [0.05, 0.1) is 12.6 Å². The third kappa shape index (κ3) is 5.08. The van der Waals surface area contributed by atoms with Crippen LogP contribution in [0.15, 0.2) is 48.7 Å². The fourth-order valence-electron chi connectivity index (χ4n) is 5.10. The number of nitrogens with zero attached hydrogens (tertiary/aromatic N) is 3. The molecule has 0 saturated heterocycles. The summed E-state index contributed by atoms with van der Waals surface area (Å²) in [6.45, 7) is 0.624. The largest absolute Gasteiger partial charge is 0.497 e. The lowest BCUT2D eigenvalue weighted by molar-refractivity contribution is -0.125. The Morgan fingerprint density at radius 1 is 1.08 bits per heavy atom. The Labute approximate surface area is 211 Å². The maximum absolute atomic E-state index is 12.8. The van der Waals surface area contributed by atoms with Crippen LogP contribution >= 0.6 is 0 Å². The summed E-state index contributed by atoms with van der Waals surface area (Å²) in [5, 5.41) is 8.86. The van der Waals surface area contributed by atoms with Crippen LogP contribution in [-0.4, -0.2) is 54.7 Å². The van der Waals surface area contributed by atoms with Crippen LogP contribution in [0.1, 0.15) is 31.2 Å². The average molecular weight is 487 g/mol. The van der Waals surface area contributed by atoms with Crippen molar-refractivity contribution in [3.05, 3.63) is 54.2 Å². The smallest absolute Gasteiger partial charge is 0.225 e. The molecule has 0 radical (unpaired) electrons. The maximum atomic E-state index is 12.8. The number of carbonyl (C=O) groups excluding carboxylic acids is 1. The summed E-state index contributed by atoms with van der Waals surface area (Å²) in [5.74, 6) is 2.61. The molecule has 1 aliphatic rings. The Balaban J connectivity index is 1.13. The van der Waals surface area contributed by atoms with Crippen LogP contribution in [0, 0.1) is 5.92 Å². The molecule has 4 aromatic rings. The van der Waals surface area contributed by atoms with Gasteiger partial charge < -0.3 is 25.3 Å². The molecule has 1 aliphatic carbocycles. The molecule has 0 unspecified atom stereocenters. The SMILES string of the molecule is COc1ccc2[nH]cc(CCNC(=O)[C@H]3CC[C@@H](Nc4nc(N(C)C)c5ccccc5n4)CC3)c2c1. The highest BCUT2D eigenvalue weighted by molar-refractivity contribution is 5.90. The van der Waals surface area contributed by atoms with Crippen LogP contribution in [0.3, 0.4) is 0 Å². The molecule has 36 heavy (non-hydrogen) atoms. The molecule has 0 aliphatic heterocycles. The second-order valence-corrected chi connectivity index (χ2v) is 9.74. The van der Waals surface area contributed by atoms with Crippen molar-refractivity contribution in [2.24, 2.45) is 5.92 Å². The molecule has 1 fully saturated rings. The van der Waals surface area contributed by atoms with Crippen molar-refractivity contribution in [1.82, 2.24) is 20.3 Å². The first-order chi connectivity index (χ1) is 17.5. The van der Waals surface area contributed by atoms with Crippen LogP contribution in [0.4, 0.5) is 11.8 Å². The van der Waals surface area contributed by atoms with Crippen molar-refractivity contribution in [2.75, 3.05) is 38.0 Å². The molecule has 2 aromatic carbocycles. The fraction of sp³-hybridized carbons (Fsp3) is 0.393. The van der Waals surface area contributed by atoms with Crippen LogP contribution in [0.5, 0.6) is 5.75 Å². The maximum Gasteiger partial charge on any atom is 0.225 e. The van der Waals surface area contributed by atoms with E-state index >= 15 is 0 Å². The summed E-state index contributed by atoms with van der Waals surface area (Å²) in [6.07, 6.45) is 6.37. The van der Waals surface area contributed by atoms with E-state index in [9.17, 15) is 4.79 Å². The van der Waals surface area contributed by atoms with Gasteiger partial charge in [-0.05, 0) is 68.0 Å². The van der Waals surface area contributed by atoms with Gasteiger partial charge in [-0.2, -0.15) is 4.98 Å². The summed E-state index contributed by atoms with van der Waals surface area (Å²) < 4.78 is 5.35. The number of hydrogen-bond donors (Lipinski definition) is 3. The minimum Gasteiger partial charge on any atom is -0.497 e. The number of amides is 1. The number of para-hydroxylation sites is 1. The van der Waals surface area contributed by atoms with E-state index in [0.29, 0.717) is 12.5 Å². The van der Waals surface area contributed by atoms with Gasteiger partial charge in [-0.25, -0.2) is 4.98 Å². The predicted molar refractivity (Wildman–Crippen MR) is 145 cm³/mol. The fourth-order valence-corrected chi connectivity index (χ4v) is 5.10. The first kappa shape index (κ1) is 23.9. The monoisotopic (exact) mass is 486 g/mol. The van der Waals surface area contributed by atoms with Crippen molar-refractivity contribution < 1.29 is 9.53 Å². The van der Waals surface area contributed by atoms with Gasteiger partial charge in [-0.15, -0.1) is 0 Å². The van der Waals surface area contributed by atoms with Crippen LogP contribution in [-0.2, 0) is 11.2 Å². The van der Waals surface area contributed by atoms with Crippen molar-refractivity contribution in [3.8, 4) is 5.75 Å². The molecule has 2 aromatic heterocycles. The molecule has 5 rings (SSSR count). The molecular formula is C28H34N6O2. The van der Waals surface area contributed by atoms with Crippen LogP contribution < -0.4 is 20.3 Å². The van der Waals surface area contributed by atoms with E-state index in [0.717, 1.165) is 65.5 Å². The lowest BCUT2D eigenvalue weighted by Crippen LogP contribution is -2.37. The quantitative estimate of drug-likeness (QED) is 0.339. The zero-order valence-corrected chi connectivity index (χ0v) is 21.2. The van der Waals surface area contributed by atoms with E-state index in [1.165, 1.54) is 5.56 Å². The zero-order chi connectivity index (χ0) is 25.1. The second-order valence-electron chi connectivity index (χ2n) is 9.74. The number of carbonyl (C=O) groups is 1. The normalized spacial score (nSPS) is 17.8. The predicted octanol–water partition coefficient (Wildman–Crippen LogP) is 4.52. The summed E-state index contributed by atoms with van der Waals surface area (Å²) in [6, 6.07) is 14.4. The van der Waals surface area contributed by atoms with Gasteiger partial charge in [0.25, 0.3) is 0 Å². The summed E-state index contributed by atoms with van der Waals surface area (Å²) >= 11 is 0. The van der Waals surface area contributed by atoms with Gasteiger partial charge in [0.15, 0.2) is 0 Å². The highest BCUT2D eigenvalue weighted by atomic mass is 16.5. The molecule has 8 heteroatoms. The highest BCUT2D eigenvalue weighted by Gasteiger charge is 2.26. The molecule has 1 amide bonds. The van der Waals surface area contributed by atoms with E-state index in [-0.39, 0.29) is 17.9 Å². The Bertz CT molecular complexity index is 1360. The Morgan fingerprint density at radius 2 is 1.89 bits per heavy atom. The van der Waals surface area contributed by atoms with Gasteiger partial charge in [-0.3, -0.25) is 4.79 Å². The summed E-state index contributed by atoms with van der Waals surface area (Å²) in [7, 11) is 5.67. The van der Waals surface area contributed by atoms with Gasteiger partial charge >= 0.3 is 0 Å². The number of aromatic amines is 1. The zero-order valence-electron chi connectivity index (χ0n) is 21.2. The number of rotatable bonds is 8. The number of anilines is 2. The second kappa shape index (κ2) is 10.4. The summed E-state index contributed by atoms with van der Waals surface area (Å²) in [4.78, 5) is 27.6. The van der Waals surface area contributed by atoms with Crippen molar-refractivity contribution in [1.29, 1.82) is 0 Å². The number of aromatic nitrogens is 3. The molecule has 3 N–H and O–H groups in total. The molecule has 0 spiro atoms. The first-order valence-electron chi connectivity index (χ1n) is 12.6. The first-order valence-corrected chi connectivity index (χ1v) is 12.6. The van der Waals surface area contributed by atoms with Gasteiger partial charge in [0.2, 0.25) is 11.9 Å². The van der Waals surface area contributed by atoms with Crippen molar-refractivity contribution >= 4 is 39.5 Å². The number of hydrogen-bond acceptors (Lipinski definition) is 6. The molecule has 0 bridgehead atoms. The average Bonchev–Trinajstić information content (AvgIpc) is 3.30. The number of ether oxygens (including phenoxy) is 1. The van der Waals surface area contributed by atoms with Gasteiger partial charge in [-0.1, -0.05) is 12.1 Å². The van der Waals surface area contributed by atoms with Crippen LogP contribution in [0.2, 0.25) is 0 Å². The molecule has 2 heterocycles. The Hall–Kier alpha value is -3.81. The third-order valence-electron chi connectivity index (χ3n) is 7.11. The molecule has 1 saturated carbocycles. The number of fused-ring (bicyclic) bond motifs is 2. The van der Waals surface area contributed by atoms with E-state index in [1.54, 1.807) is 7.11 Å². The van der Waals surface area contributed by atoms with E-state index in [2.05, 4.69) is 15.6 Å².